The second kappa shape index (κ2) is 6.89. The van der Waals surface area contributed by atoms with Crippen molar-refractivity contribution < 1.29 is 14.3 Å². The van der Waals surface area contributed by atoms with Crippen molar-refractivity contribution in [3.63, 3.8) is 0 Å². The number of rotatable bonds is 0. The maximum Gasteiger partial charge on any atom is 0.302 e. The van der Waals surface area contributed by atoms with Crippen LogP contribution in [0.25, 0.3) is 0 Å². The largest absolute Gasteiger partial charge is 0.469 e. The van der Waals surface area contributed by atoms with E-state index >= 15 is 0 Å². The zero-order valence-electron chi connectivity index (χ0n) is 16.3. The van der Waals surface area contributed by atoms with Crippen molar-refractivity contribution in [2.45, 2.75) is 65.7 Å². The fourth-order valence-electron chi connectivity index (χ4n) is 6.93. The number of hydrogen-bond donors (Lipinski definition) is 0. The molecule has 1 spiro atoms. The number of ether oxygens (including phenoxy) is 1. The van der Waals surface area contributed by atoms with E-state index < -0.39 is 0 Å². The second-order valence-electron chi connectivity index (χ2n) is 8.94. The van der Waals surface area contributed by atoms with Gasteiger partial charge in [-0.25, -0.2) is 0 Å². The first-order valence-electron chi connectivity index (χ1n) is 10.1. The van der Waals surface area contributed by atoms with Crippen molar-refractivity contribution in [1.29, 1.82) is 0 Å². The standard InChI is InChI=1S/C19H28O.C3H6O2/c1-11-5-4-6-16-14(11)9-10-19-13(3)15(7-8-17(16)19)12(2)18(19)20;1-3(4)5-2/h11,13-17H,2,4-10H2,1,3H3;1-2H3/t11-,13?,14+,15-,16?,17-,19+;/m0./s1. The Bertz CT molecular complexity index is 566. The van der Waals surface area contributed by atoms with E-state index in [1.807, 2.05) is 0 Å². The molecule has 7 atom stereocenters. The van der Waals surface area contributed by atoms with Crippen molar-refractivity contribution in [2.75, 3.05) is 7.11 Å². The Balaban J connectivity index is 0.000000324. The molecule has 4 fully saturated rings. The molecular weight excluding hydrogens is 312 g/mol. The Morgan fingerprint density at radius 1 is 1.12 bits per heavy atom. The summed E-state index contributed by atoms with van der Waals surface area (Å²) < 4.78 is 4.11. The topological polar surface area (TPSA) is 43.4 Å². The fourth-order valence-corrected chi connectivity index (χ4v) is 6.93. The van der Waals surface area contributed by atoms with Gasteiger partial charge in [-0.15, -0.1) is 0 Å². The normalized spacial score (nSPS) is 45.0. The van der Waals surface area contributed by atoms with Gasteiger partial charge in [0.05, 0.1) is 7.11 Å². The van der Waals surface area contributed by atoms with E-state index in [2.05, 4.69) is 25.2 Å². The lowest BCUT2D eigenvalue weighted by atomic mass is 9.47. The van der Waals surface area contributed by atoms with Gasteiger partial charge in [0.1, 0.15) is 0 Å². The van der Waals surface area contributed by atoms with Crippen molar-refractivity contribution in [2.24, 2.45) is 40.9 Å². The molecule has 0 saturated heterocycles. The molecule has 4 saturated carbocycles. The number of carbonyl (C=O) groups is 2. The molecule has 140 valence electrons. The first-order chi connectivity index (χ1) is 11.8. The monoisotopic (exact) mass is 346 g/mol. The first kappa shape index (κ1) is 18.7. The van der Waals surface area contributed by atoms with Gasteiger partial charge in [0.2, 0.25) is 0 Å². The Labute approximate surface area is 152 Å². The molecule has 0 aromatic rings. The fraction of sp³-hybridized carbons (Fsp3) is 0.818. The molecule has 0 heterocycles. The molecule has 2 bridgehead atoms. The van der Waals surface area contributed by atoms with E-state index in [1.165, 1.54) is 59.0 Å². The summed E-state index contributed by atoms with van der Waals surface area (Å²) in [4.78, 5) is 22.6. The van der Waals surface area contributed by atoms with Crippen LogP contribution in [0, 0.1) is 40.9 Å². The highest BCUT2D eigenvalue weighted by atomic mass is 16.5. The van der Waals surface area contributed by atoms with Gasteiger partial charge in [-0.3, -0.25) is 9.59 Å². The third kappa shape index (κ3) is 2.78. The Morgan fingerprint density at radius 3 is 2.44 bits per heavy atom. The number of fused-ring (bicyclic) bond motifs is 3. The smallest absolute Gasteiger partial charge is 0.302 e. The number of hydrogen-bond acceptors (Lipinski definition) is 3. The minimum atomic E-state index is -0.245. The van der Waals surface area contributed by atoms with Crippen LogP contribution in [0.1, 0.15) is 65.7 Å². The number of allylic oxidation sites excluding steroid dienone is 1. The molecule has 0 amide bonds. The van der Waals surface area contributed by atoms with Gasteiger partial charge in [-0.1, -0.05) is 33.3 Å². The maximum atomic E-state index is 13.0. The quantitative estimate of drug-likeness (QED) is 0.467. The van der Waals surface area contributed by atoms with Crippen LogP contribution in [-0.2, 0) is 14.3 Å². The molecule has 0 aliphatic heterocycles. The average Bonchev–Trinajstić information content (AvgIpc) is 2.71. The Morgan fingerprint density at radius 2 is 1.80 bits per heavy atom. The van der Waals surface area contributed by atoms with Crippen molar-refractivity contribution >= 4 is 11.8 Å². The summed E-state index contributed by atoms with van der Waals surface area (Å²) in [7, 11) is 1.35. The highest BCUT2D eigenvalue weighted by Crippen LogP contribution is 2.67. The number of carbonyl (C=O) groups excluding carboxylic acids is 2. The zero-order chi connectivity index (χ0) is 18.4. The Hall–Kier alpha value is -1.12. The van der Waals surface area contributed by atoms with Crippen molar-refractivity contribution in [1.82, 2.24) is 0 Å². The van der Waals surface area contributed by atoms with E-state index in [4.69, 9.17) is 0 Å². The highest BCUT2D eigenvalue weighted by Gasteiger charge is 2.64. The SMILES string of the molecule is C=C1C(=O)[C@@]23CC[C@H]4C(CCC[C@@H]4C)[C@@H]2CC[C@@H]1C3C.COC(C)=O. The van der Waals surface area contributed by atoms with Gasteiger partial charge in [-0.2, -0.15) is 0 Å². The molecule has 3 heteroatoms. The van der Waals surface area contributed by atoms with Gasteiger partial charge >= 0.3 is 5.97 Å². The van der Waals surface area contributed by atoms with Gasteiger partial charge in [0.15, 0.2) is 5.78 Å². The second-order valence-corrected chi connectivity index (χ2v) is 8.94. The van der Waals surface area contributed by atoms with Gasteiger partial charge in [-0.05, 0) is 73.2 Å². The van der Waals surface area contributed by atoms with E-state index in [-0.39, 0.29) is 11.4 Å². The molecule has 0 N–H and O–H groups in total. The summed E-state index contributed by atoms with van der Waals surface area (Å²) in [5.41, 5.74) is 1.00. The van der Waals surface area contributed by atoms with Crippen LogP contribution < -0.4 is 0 Å². The third-order valence-corrected chi connectivity index (χ3v) is 8.20. The number of esters is 1. The average molecular weight is 347 g/mol. The van der Waals surface area contributed by atoms with Gasteiger partial charge in [0, 0.05) is 12.3 Å². The van der Waals surface area contributed by atoms with Gasteiger partial charge < -0.3 is 4.74 Å². The van der Waals surface area contributed by atoms with Crippen LogP contribution in [0.2, 0.25) is 0 Å². The summed E-state index contributed by atoms with van der Waals surface area (Å²) in [5, 5.41) is 0. The van der Waals surface area contributed by atoms with E-state index in [0.717, 1.165) is 23.3 Å². The van der Waals surface area contributed by atoms with Crippen molar-refractivity contribution in [3.8, 4) is 0 Å². The van der Waals surface area contributed by atoms with Crippen LogP contribution in [0.4, 0.5) is 0 Å². The molecular formula is C22H34O3. The number of ketones is 1. The molecule has 2 unspecified atom stereocenters. The third-order valence-electron chi connectivity index (χ3n) is 8.20. The predicted octanol–water partition coefficient (Wildman–Crippen LogP) is 4.80. The molecule has 3 nitrogen and oxygen atoms in total. The molecule has 4 aliphatic rings. The zero-order valence-corrected chi connectivity index (χ0v) is 16.3. The number of Topliss-reactive ketones (excluding diaryl/α,β-unsaturated/α-hetero) is 1. The molecule has 4 aliphatic carbocycles. The van der Waals surface area contributed by atoms with E-state index in [1.54, 1.807) is 0 Å². The summed E-state index contributed by atoms with van der Waals surface area (Å²) in [5.74, 6) is 4.63. The molecule has 4 rings (SSSR count). The summed E-state index contributed by atoms with van der Waals surface area (Å²) in [6.07, 6.45) is 9.20. The lowest BCUT2D eigenvalue weighted by Crippen LogP contribution is -2.52. The minimum Gasteiger partial charge on any atom is -0.469 e. The Kier molecular flexibility index (Phi) is 5.14. The highest BCUT2D eigenvalue weighted by molar-refractivity contribution is 6.03. The van der Waals surface area contributed by atoms with Crippen LogP contribution in [-0.4, -0.2) is 18.9 Å². The molecule has 0 aromatic heterocycles. The molecule has 0 aromatic carbocycles. The van der Waals surface area contributed by atoms with E-state index in [0.29, 0.717) is 23.5 Å². The van der Waals surface area contributed by atoms with Crippen LogP contribution in [0.15, 0.2) is 12.2 Å². The van der Waals surface area contributed by atoms with Crippen LogP contribution >= 0.6 is 0 Å². The number of methoxy groups -OCH3 is 1. The summed E-state index contributed by atoms with van der Waals surface area (Å²) in [6, 6.07) is 0. The van der Waals surface area contributed by atoms with Crippen LogP contribution in [0.5, 0.6) is 0 Å². The van der Waals surface area contributed by atoms with E-state index in [9.17, 15) is 9.59 Å². The van der Waals surface area contributed by atoms with Gasteiger partial charge in [0.25, 0.3) is 0 Å². The molecule has 0 radical (unpaired) electrons. The summed E-state index contributed by atoms with van der Waals surface area (Å²) >= 11 is 0. The first-order valence-corrected chi connectivity index (χ1v) is 10.1. The predicted molar refractivity (Wildman–Crippen MR) is 98.9 cm³/mol. The lowest BCUT2D eigenvalue weighted by Gasteiger charge is -2.56. The lowest BCUT2D eigenvalue weighted by molar-refractivity contribution is -0.142. The van der Waals surface area contributed by atoms with Crippen LogP contribution in [0.3, 0.4) is 0 Å². The summed E-state index contributed by atoms with van der Waals surface area (Å²) in [6.45, 7) is 10.4. The minimum absolute atomic E-state index is 0.0121. The molecule has 25 heavy (non-hydrogen) atoms. The maximum absolute atomic E-state index is 13.0. The van der Waals surface area contributed by atoms with Crippen molar-refractivity contribution in [3.05, 3.63) is 12.2 Å².